The number of aryl methyl sites for hydroxylation is 1. The van der Waals surface area contributed by atoms with Crippen molar-refractivity contribution in [3.05, 3.63) is 93.2 Å². The van der Waals surface area contributed by atoms with Crippen LogP contribution in [0, 0.1) is 12.7 Å². The summed E-state index contributed by atoms with van der Waals surface area (Å²) in [4.78, 5) is 30.1. The van der Waals surface area contributed by atoms with Gasteiger partial charge < -0.3 is 10.6 Å². The zero-order valence-corrected chi connectivity index (χ0v) is 18.0. The van der Waals surface area contributed by atoms with Crippen molar-refractivity contribution in [2.75, 3.05) is 5.32 Å². The Hall–Kier alpha value is -3.29. The highest BCUT2D eigenvalue weighted by atomic mass is 35.5. The number of fused-ring (bicyclic) bond motifs is 1. The van der Waals surface area contributed by atoms with E-state index in [9.17, 15) is 14.0 Å². The van der Waals surface area contributed by atoms with Crippen molar-refractivity contribution in [2.45, 2.75) is 13.5 Å². The number of nitrogens with one attached hydrogen (secondary N) is 2. The minimum absolute atomic E-state index is 0.0200. The maximum atomic E-state index is 13.2. The summed E-state index contributed by atoms with van der Waals surface area (Å²) in [6.07, 6.45) is 0. The number of halogens is 2. The number of carbonyl (C=O) groups is 2. The van der Waals surface area contributed by atoms with E-state index in [0.717, 1.165) is 39.6 Å². The Kier molecular flexibility index (Phi) is 5.97. The average Bonchev–Trinajstić information content (AvgIpc) is 3.11. The molecule has 2 aromatic carbocycles. The standard InChI is InChI=1S/C23H17ClFN3O2S/c1-13-10-20(28-22(29)17-9-7-15(25)11-18(17)24)31-21(13)23(30)26-12-16-8-6-14-4-2-3-5-19(14)27-16/h2-11H,12H2,1H3,(H,26,30)(H,28,29). The molecule has 2 heterocycles. The van der Waals surface area contributed by atoms with Crippen LogP contribution in [0.15, 0.2) is 60.7 Å². The highest BCUT2D eigenvalue weighted by Gasteiger charge is 2.17. The van der Waals surface area contributed by atoms with Crippen LogP contribution in [0.4, 0.5) is 9.39 Å². The second-order valence-corrected chi connectivity index (χ2v) is 8.34. The fourth-order valence-electron chi connectivity index (χ4n) is 3.08. The van der Waals surface area contributed by atoms with Gasteiger partial charge in [0.25, 0.3) is 11.8 Å². The van der Waals surface area contributed by atoms with Crippen molar-refractivity contribution in [3.63, 3.8) is 0 Å². The largest absolute Gasteiger partial charge is 0.346 e. The van der Waals surface area contributed by atoms with Gasteiger partial charge in [0.05, 0.1) is 38.2 Å². The van der Waals surface area contributed by atoms with Crippen molar-refractivity contribution in [3.8, 4) is 0 Å². The van der Waals surface area contributed by atoms with Crippen molar-refractivity contribution >= 4 is 50.7 Å². The minimum atomic E-state index is -0.520. The lowest BCUT2D eigenvalue weighted by Gasteiger charge is -2.06. The Bertz CT molecular complexity index is 1310. The number of anilines is 1. The molecule has 0 atom stereocenters. The number of amides is 2. The van der Waals surface area contributed by atoms with Gasteiger partial charge in [-0.15, -0.1) is 11.3 Å². The van der Waals surface area contributed by atoms with Gasteiger partial charge in [-0.1, -0.05) is 35.9 Å². The predicted octanol–water partition coefficient (Wildman–Crippen LogP) is 5.58. The third-order valence-corrected chi connectivity index (χ3v) is 6.09. The summed E-state index contributed by atoms with van der Waals surface area (Å²) < 4.78 is 13.2. The highest BCUT2D eigenvalue weighted by Crippen LogP contribution is 2.28. The van der Waals surface area contributed by atoms with Crippen molar-refractivity contribution < 1.29 is 14.0 Å². The molecule has 156 valence electrons. The molecular weight excluding hydrogens is 437 g/mol. The second kappa shape index (κ2) is 8.83. The number of para-hydroxylation sites is 1. The van der Waals surface area contributed by atoms with Crippen LogP contribution in [-0.4, -0.2) is 16.8 Å². The smallest absolute Gasteiger partial charge is 0.262 e. The second-order valence-electron chi connectivity index (χ2n) is 6.88. The number of nitrogens with zero attached hydrogens (tertiary/aromatic N) is 1. The molecule has 0 radical (unpaired) electrons. The zero-order chi connectivity index (χ0) is 22.0. The summed E-state index contributed by atoms with van der Waals surface area (Å²) >= 11 is 7.10. The Morgan fingerprint density at radius 3 is 2.68 bits per heavy atom. The van der Waals surface area contributed by atoms with Gasteiger partial charge in [0.1, 0.15) is 5.82 Å². The molecule has 5 nitrogen and oxygen atoms in total. The van der Waals surface area contributed by atoms with E-state index >= 15 is 0 Å². The van der Waals surface area contributed by atoms with Crippen LogP contribution in [0.25, 0.3) is 10.9 Å². The number of thiophene rings is 1. The van der Waals surface area contributed by atoms with Gasteiger partial charge in [0.2, 0.25) is 0 Å². The van der Waals surface area contributed by atoms with E-state index in [1.54, 1.807) is 13.0 Å². The number of aromatic nitrogens is 1. The first kappa shape index (κ1) is 21.0. The zero-order valence-electron chi connectivity index (χ0n) is 16.4. The van der Waals surface area contributed by atoms with E-state index in [1.807, 2.05) is 36.4 Å². The van der Waals surface area contributed by atoms with Gasteiger partial charge in [0, 0.05) is 5.39 Å². The van der Waals surface area contributed by atoms with Gasteiger partial charge >= 0.3 is 0 Å². The number of carbonyl (C=O) groups excluding carboxylic acids is 2. The lowest BCUT2D eigenvalue weighted by Crippen LogP contribution is -2.23. The van der Waals surface area contributed by atoms with Gasteiger partial charge in [-0.2, -0.15) is 0 Å². The summed E-state index contributed by atoms with van der Waals surface area (Å²) in [7, 11) is 0. The Morgan fingerprint density at radius 2 is 1.87 bits per heavy atom. The van der Waals surface area contributed by atoms with Gasteiger partial charge in [-0.3, -0.25) is 14.6 Å². The van der Waals surface area contributed by atoms with Crippen molar-refractivity contribution in [2.24, 2.45) is 0 Å². The lowest BCUT2D eigenvalue weighted by molar-refractivity contribution is 0.0953. The molecule has 0 aliphatic rings. The first-order valence-corrected chi connectivity index (χ1v) is 10.6. The molecule has 4 aromatic rings. The van der Waals surface area contributed by atoms with Gasteiger partial charge in [-0.25, -0.2) is 4.39 Å². The summed E-state index contributed by atoms with van der Waals surface area (Å²) in [5.41, 5.74) is 2.50. The fraction of sp³-hybridized carbons (Fsp3) is 0.0870. The lowest BCUT2D eigenvalue weighted by atomic mass is 10.2. The number of rotatable bonds is 5. The number of pyridine rings is 1. The molecule has 31 heavy (non-hydrogen) atoms. The molecule has 0 spiro atoms. The maximum absolute atomic E-state index is 13.2. The van der Waals surface area contributed by atoms with Crippen LogP contribution in [0.3, 0.4) is 0 Å². The molecule has 2 aromatic heterocycles. The fourth-order valence-corrected chi connectivity index (χ4v) is 4.32. The summed E-state index contributed by atoms with van der Waals surface area (Å²) in [5.74, 6) is -1.25. The van der Waals surface area contributed by atoms with Gasteiger partial charge in [-0.05, 0) is 48.9 Å². The SMILES string of the molecule is Cc1cc(NC(=O)c2ccc(F)cc2Cl)sc1C(=O)NCc1ccc2ccccc2n1. The van der Waals surface area contributed by atoms with Crippen LogP contribution in [0.2, 0.25) is 5.02 Å². The number of hydrogen-bond acceptors (Lipinski definition) is 4. The van der Waals surface area contributed by atoms with E-state index in [2.05, 4.69) is 15.6 Å². The third kappa shape index (κ3) is 4.73. The van der Waals surface area contributed by atoms with Crippen LogP contribution < -0.4 is 10.6 Å². The molecule has 8 heteroatoms. The molecule has 0 bridgehead atoms. The summed E-state index contributed by atoms with van der Waals surface area (Å²) in [6.45, 7) is 2.08. The Morgan fingerprint density at radius 1 is 1.06 bits per heavy atom. The molecule has 0 aliphatic carbocycles. The van der Waals surface area contributed by atoms with Crippen molar-refractivity contribution in [1.82, 2.24) is 10.3 Å². The molecule has 0 saturated heterocycles. The van der Waals surface area contributed by atoms with E-state index in [1.165, 1.54) is 12.1 Å². The third-order valence-electron chi connectivity index (χ3n) is 4.62. The normalized spacial score (nSPS) is 10.8. The summed E-state index contributed by atoms with van der Waals surface area (Å²) in [5, 5.41) is 7.13. The number of benzene rings is 2. The predicted molar refractivity (Wildman–Crippen MR) is 121 cm³/mol. The average molecular weight is 454 g/mol. The first-order chi connectivity index (χ1) is 14.9. The monoisotopic (exact) mass is 453 g/mol. The van der Waals surface area contributed by atoms with Crippen LogP contribution in [-0.2, 0) is 6.54 Å². The molecule has 0 unspecified atom stereocenters. The molecule has 2 N–H and O–H groups in total. The first-order valence-electron chi connectivity index (χ1n) is 9.40. The van der Waals surface area contributed by atoms with Gasteiger partial charge in [0.15, 0.2) is 0 Å². The van der Waals surface area contributed by atoms with Crippen LogP contribution in [0.1, 0.15) is 31.3 Å². The molecule has 2 amide bonds. The minimum Gasteiger partial charge on any atom is -0.346 e. The highest BCUT2D eigenvalue weighted by molar-refractivity contribution is 7.18. The van der Waals surface area contributed by atoms with E-state index < -0.39 is 11.7 Å². The van der Waals surface area contributed by atoms with E-state index in [0.29, 0.717) is 9.88 Å². The number of hydrogen-bond donors (Lipinski definition) is 2. The Balaban J connectivity index is 1.43. The summed E-state index contributed by atoms with van der Waals surface area (Å²) in [6, 6.07) is 16.9. The molecular formula is C23H17ClFN3O2S. The van der Waals surface area contributed by atoms with E-state index in [4.69, 9.17) is 11.6 Å². The molecule has 4 rings (SSSR count). The van der Waals surface area contributed by atoms with E-state index in [-0.39, 0.29) is 23.0 Å². The molecule has 0 saturated carbocycles. The molecule has 0 fully saturated rings. The maximum Gasteiger partial charge on any atom is 0.262 e. The van der Waals surface area contributed by atoms with Crippen molar-refractivity contribution in [1.29, 1.82) is 0 Å². The quantitative estimate of drug-likeness (QED) is 0.414. The topological polar surface area (TPSA) is 71.1 Å². The Labute approximate surface area is 186 Å². The van der Waals surface area contributed by atoms with Crippen LogP contribution in [0.5, 0.6) is 0 Å². The molecule has 0 aliphatic heterocycles. The van der Waals surface area contributed by atoms with Crippen LogP contribution >= 0.6 is 22.9 Å².